The van der Waals surface area contributed by atoms with Crippen LogP contribution in [0.3, 0.4) is 0 Å². The average Bonchev–Trinajstić information content (AvgIpc) is 3.11. The molecule has 0 aliphatic carbocycles. The maximum atomic E-state index is 13.7. The van der Waals surface area contributed by atoms with Crippen LogP contribution < -0.4 is 14.5 Å². The monoisotopic (exact) mass is 435 g/mol. The van der Waals surface area contributed by atoms with Crippen molar-refractivity contribution in [2.24, 2.45) is 5.92 Å². The highest BCUT2D eigenvalue weighted by Crippen LogP contribution is 2.45. The lowest BCUT2D eigenvalue weighted by Gasteiger charge is -2.34. The molecule has 1 heterocycles. The maximum absolute atomic E-state index is 13.7. The van der Waals surface area contributed by atoms with Gasteiger partial charge in [0.1, 0.15) is 6.17 Å². The quantitative estimate of drug-likeness (QED) is 0.610. The largest absolute Gasteiger partial charge is 0.328 e. The molecule has 1 aliphatic heterocycles. The SMILES string of the molecule is Cc1ccc(S(=O)(=O)N2c3ccccc3N(C(=O)Nc3ccccc3)C2C(C)C)cc1. The molecule has 2 amide bonds. The molecule has 160 valence electrons. The highest BCUT2D eigenvalue weighted by atomic mass is 32.2. The summed E-state index contributed by atoms with van der Waals surface area (Å²) in [6, 6.07) is 22.6. The average molecular weight is 436 g/mol. The minimum Gasteiger partial charge on any atom is -0.307 e. The zero-order chi connectivity index (χ0) is 22.2. The van der Waals surface area contributed by atoms with Crippen molar-refractivity contribution in [3.05, 3.63) is 84.4 Å². The Hall–Kier alpha value is -3.32. The number of benzene rings is 3. The fourth-order valence-corrected chi connectivity index (χ4v) is 5.59. The van der Waals surface area contributed by atoms with Gasteiger partial charge in [-0.3, -0.25) is 4.90 Å². The van der Waals surface area contributed by atoms with Gasteiger partial charge in [-0.05, 0) is 49.2 Å². The number of anilines is 3. The van der Waals surface area contributed by atoms with E-state index in [0.717, 1.165) is 5.56 Å². The Morgan fingerprint density at radius 1 is 0.871 bits per heavy atom. The van der Waals surface area contributed by atoms with E-state index in [1.165, 1.54) is 4.31 Å². The first-order chi connectivity index (χ1) is 14.8. The van der Waals surface area contributed by atoms with Crippen molar-refractivity contribution in [1.29, 1.82) is 0 Å². The minimum atomic E-state index is -3.89. The summed E-state index contributed by atoms with van der Waals surface area (Å²) < 4.78 is 28.8. The van der Waals surface area contributed by atoms with Gasteiger partial charge in [0.15, 0.2) is 0 Å². The first kappa shape index (κ1) is 20.9. The van der Waals surface area contributed by atoms with E-state index in [2.05, 4.69) is 5.32 Å². The number of fused-ring (bicyclic) bond motifs is 1. The second kappa shape index (κ2) is 8.07. The second-order valence-electron chi connectivity index (χ2n) is 7.93. The summed E-state index contributed by atoms with van der Waals surface area (Å²) >= 11 is 0. The molecule has 0 radical (unpaired) electrons. The van der Waals surface area contributed by atoms with E-state index in [1.54, 1.807) is 65.6 Å². The number of carbonyl (C=O) groups excluding carboxylic acids is 1. The fourth-order valence-electron chi connectivity index (χ4n) is 3.84. The predicted octanol–water partition coefficient (Wildman–Crippen LogP) is 5.22. The number of para-hydroxylation sites is 3. The second-order valence-corrected chi connectivity index (χ2v) is 9.74. The predicted molar refractivity (Wildman–Crippen MR) is 124 cm³/mol. The molecule has 0 spiro atoms. The summed E-state index contributed by atoms with van der Waals surface area (Å²) in [7, 11) is -3.89. The van der Waals surface area contributed by atoms with Crippen molar-refractivity contribution in [2.75, 3.05) is 14.5 Å². The Balaban J connectivity index is 1.81. The number of hydrogen-bond acceptors (Lipinski definition) is 3. The molecule has 1 unspecified atom stereocenters. The minimum absolute atomic E-state index is 0.158. The lowest BCUT2D eigenvalue weighted by molar-refractivity contribution is 0.253. The Labute approximate surface area is 183 Å². The Morgan fingerprint density at radius 2 is 1.45 bits per heavy atom. The van der Waals surface area contributed by atoms with Gasteiger partial charge in [0, 0.05) is 5.69 Å². The standard InChI is InChI=1S/C24H25N3O3S/c1-17(2)23-26(24(28)25-19-9-5-4-6-10-19)21-11-7-8-12-22(21)27(23)31(29,30)20-15-13-18(3)14-16-20/h4-17,23H,1-3H3,(H,25,28). The zero-order valence-corrected chi connectivity index (χ0v) is 18.5. The number of nitrogens with zero attached hydrogens (tertiary/aromatic N) is 2. The molecule has 3 aromatic rings. The van der Waals surface area contributed by atoms with Crippen LogP contribution in [0.4, 0.5) is 21.9 Å². The van der Waals surface area contributed by atoms with Crippen molar-refractivity contribution in [2.45, 2.75) is 31.8 Å². The molecule has 4 rings (SSSR count). The first-order valence-electron chi connectivity index (χ1n) is 10.2. The smallest absolute Gasteiger partial charge is 0.307 e. The molecule has 0 fully saturated rings. The topological polar surface area (TPSA) is 69.7 Å². The number of urea groups is 1. The van der Waals surface area contributed by atoms with Gasteiger partial charge >= 0.3 is 6.03 Å². The molecular weight excluding hydrogens is 410 g/mol. The van der Waals surface area contributed by atoms with Gasteiger partial charge in [-0.1, -0.05) is 61.9 Å². The summed E-state index contributed by atoms with van der Waals surface area (Å²) in [6.45, 7) is 5.74. The van der Waals surface area contributed by atoms with Crippen molar-refractivity contribution >= 4 is 33.1 Å². The summed E-state index contributed by atoms with van der Waals surface area (Å²) in [6.07, 6.45) is -0.701. The third-order valence-electron chi connectivity index (χ3n) is 5.30. The van der Waals surface area contributed by atoms with Gasteiger partial charge in [-0.2, -0.15) is 0 Å². The lowest BCUT2D eigenvalue weighted by atomic mass is 10.1. The van der Waals surface area contributed by atoms with Gasteiger partial charge in [0.25, 0.3) is 10.0 Å². The van der Waals surface area contributed by atoms with Crippen molar-refractivity contribution in [1.82, 2.24) is 0 Å². The lowest BCUT2D eigenvalue weighted by Crippen LogP contribution is -2.52. The number of hydrogen-bond donors (Lipinski definition) is 1. The molecule has 0 saturated carbocycles. The van der Waals surface area contributed by atoms with E-state index < -0.39 is 16.2 Å². The number of carbonyl (C=O) groups is 1. The number of sulfonamides is 1. The molecule has 7 heteroatoms. The van der Waals surface area contributed by atoms with Gasteiger partial charge < -0.3 is 5.32 Å². The normalized spacial score (nSPS) is 15.8. The molecule has 1 aliphatic rings. The molecule has 1 atom stereocenters. The molecule has 0 saturated heterocycles. The van der Waals surface area contributed by atoms with Crippen LogP contribution in [0.15, 0.2) is 83.8 Å². The van der Waals surface area contributed by atoms with Crippen molar-refractivity contribution in [3.63, 3.8) is 0 Å². The van der Waals surface area contributed by atoms with E-state index in [-0.39, 0.29) is 16.8 Å². The van der Waals surface area contributed by atoms with E-state index in [0.29, 0.717) is 17.1 Å². The number of nitrogens with one attached hydrogen (secondary N) is 1. The third kappa shape index (κ3) is 3.77. The van der Waals surface area contributed by atoms with Crippen molar-refractivity contribution < 1.29 is 13.2 Å². The molecule has 6 nitrogen and oxygen atoms in total. The zero-order valence-electron chi connectivity index (χ0n) is 17.7. The molecule has 3 aromatic carbocycles. The van der Waals surface area contributed by atoms with Gasteiger partial charge in [-0.25, -0.2) is 17.5 Å². The van der Waals surface area contributed by atoms with E-state index in [1.807, 2.05) is 39.0 Å². The van der Waals surface area contributed by atoms with Crippen LogP contribution >= 0.6 is 0 Å². The number of amides is 2. The Bertz CT molecular complexity index is 1190. The van der Waals surface area contributed by atoms with E-state index in [4.69, 9.17) is 0 Å². The van der Waals surface area contributed by atoms with Crippen LogP contribution in [0, 0.1) is 12.8 Å². The van der Waals surface area contributed by atoms with Crippen molar-refractivity contribution in [3.8, 4) is 0 Å². The highest BCUT2D eigenvalue weighted by Gasteiger charge is 2.47. The summed E-state index contributed by atoms with van der Waals surface area (Å²) in [5, 5.41) is 2.89. The van der Waals surface area contributed by atoms with Crippen LogP contribution in [0.5, 0.6) is 0 Å². The Morgan fingerprint density at radius 3 is 2.06 bits per heavy atom. The van der Waals surface area contributed by atoms with Gasteiger partial charge in [0.2, 0.25) is 0 Å². The molecule has 31 heavy (non-hydrogen) atoms. The summed E-state index contributed by atoms with van der Waals surface area (Å²) in [5.41, 5.74) is 2.67. The molecule has 1 N–H and O–H groups in total. The first-order valence-corrected chi connectivity index (χ1v) is 11.6. The van der Waals surface area contributed by atoms with Crippen LogP contribution in [0.1, 0.15) is 19.4 Å². The highest BCUT2D eigenvalue weighted by molar-refractivity contribution is 7.93. The van der Waals surface area contributed by atoms with Gasteiger partial charge in [0.05, 0.1) is 16.3 Å². The third-order valence-corrected chi connectivity index (χ3v) is 7.10. The number of aryl methyl sites for hydroxylation is 1. The van der Waals surface area contributed by atoms with Gasteiger partial charge in [-0.15, -0.1) is 0 Å². The van der Waals surface area contributed by atoms with Crippen LogP contribution in [-0.4, -0.2) is 20.6 Å². The number of rotatable bonds is 4. The Kier molecular flexibility index (Phi) is 5.45. The van der Waals surface area contributed by atoms with Crippen LogP contribution in [0.25, 0.3) is 0 Å². The molecular formula is C24H25N3O3S. The summed E-state index contributed by atoms with van der Waals surface area (Å²) in [4.78, 5) is 15.1. The van der Waals surface area contributed by atoms with Crippen LogP contribution in [0.2, 0.25) is 0 Å². The van der Waals surface area contributed by atoms with E-state index >= 15 is 0 Å². The van der Waals surface area contributed by atoms with Crippen LogP contribution in [-0.2, 0) is 10.0 Å². The molecule has 0 aromatic heterocycles. The fraction of sp³-hybridized carbons (Fsp3) is 0.208. The maximum Gasteiger partial charge on any atom is 0.328 e. The summed E-state index contributed by atoms with van der Waals surface area (Å²) in [5.74, 6) is -0.158. The van der Waals surface area contributed by atoms with E-state index in [9.17, 15) is 13.2 Å². The molecule has 0 bridgehead atoms.